The minimum absolute atomic E-state index is 0.0306. The Bertz CT molecular complexity index is 1180. The van der Waals surface area contributed by atoms with Gasteiger partial charge in [0.15, 0.2) is 0 Å². The van der Waals surface area contributed by atoms with Gasteiger partial charge in [0.05, 0.1) is 22.9 Å². The predicted molar refractivity (Wildman–Crippen MR) is 147 cm³/mol. The maximum absolute atomic E-state index is 13.5. The van der Waals surface area contributed by atoms with Crippen LogP contribution >= 0.6 is 11.3 Å². The molecule has 4 heterocycles. The van der Waals surface area contributed by atoms with E-state index in [1.807, 2.05) is 24.4 Å². The van der Waals surface area contributed by atoms with Crippen molar-refractivity contribution in [1.82, 2.24) is 19.7 Å². The number of hydrogen-bond acceptors (Lipinski definition) is 7. The number of aromatic nitrogens is 1. The van der Waals surface area contributed by atoms with Crippen LogP contribution in [0.4, 0.5) is 5.69 Å². The average molecular weight is 536 g/mol. The molecule has 0 spiro atoms. The molecule has 3 aliphatic heterocycles. The number of nitrogens with zero attached hydrogens (tertiary/aromatic N) is 5. The predicted octanol–water partition coefficient (Wildman–Crippen LogP) is 4.19. The third kappa shape index (κ3) is 4.64. The summed E-state index contributed by atoms with van der Waals surface area (Å²) in [5.74, 6) is -0.187. The second kappa shape index (κ2) is 10.8. The van der Waals surface area contributed by atoms with Gasteiger partial charge in [0, 0.05) is 62.8 Å². The van der Waals surface area contributed by atoms with E-state index in [1.165, 1.54) is 48.3 Å². The van der Waals surface area contributed by atoms with Gasteiger partial charge in [-0.05, 0) is 44.7 Å². The molecule has 1 atom stereocenters. The minimum Gasteiger partial charge on any atom is -0.371 e. The van der Waals surface area contributed by atoms with Crippen LogP contribution in [0.1, 0.15) is 83.6 Å². The summed E-state index contributed by atoms with van der Waals surface area (Å²) in [4.78, 5) is 52.7. The number of piperazine rings is 1. The Labute approximate surface area is 228 Å². The lowest BCUT2D eigenvalue weighted by Gasteiger charge is -2.42. The number of thiazole rings is 1. The highest BCUT2D eigenvalue weighted by atomic mass is 32.1. The van der Waals surface area contributed by atoms with E-state index in [4.69, 9.17) is 0 Å². The summed E-state index contributed by atoms with van der Waals surface area (Å²) in [6.07, 6.45) is 9.91. The molecule has 1 aliphatic carbocycles. The molecule has 1 aromatic heterocycles. The molecule has 1 saturated carbocycles. The van der Waals surface area contributed by atoms with Gasteiger partial charge in [-0.15, -0.1) is 11.3 Å². The van der Waals surface area contributed by atoms with E-state index in [2.05, 4.69) is 19.7 Å². The maximum atomic E-state index is 13.5. The zero-order valence-electron chi connectivity index (χ0n) is 22.2. The Hall–Kier alpha value is -2.78. The van der Waals surface area contributed by atoms with Crippen LogP contribution in [-0.2, 0) is 4.79 Å². The fourth-order valence-electron chi connectivity index (χ4n) is 6.83. The smallest absolute Gasteiger partial charge is 0.264 e. The molecule has 38 heavy (non-hydrogen) atoms. The van der Waals surface area contributed by atoms with Crippen molar-refractivity contribution in [2.45, 2.75) is 64.0 Å². The standard InChI is InChI=1S/C29H37N5O3S/c1-20(26-30-12-19-38-26)34-28(36)23-8-5-9-24(25(23)29(34)37)32-13-10-21(11-14-32)27(35)33-17-15-31(16-18-33)22-6-3-2-4-7-22/h5,8-9,12,19-22H,2-4,6-7,10-11,13-18H2,1H3. The highest BCUT2D eigenvalue weighted by molar-refractivity contribution is 7.09. The number of fused-ring (bicyclic) bond motifs is 1. The van der Waals surface area contributed by atoms with E-state index in [0.717, 1.165) is 49.7 Å². The number of carbonyl (C=O) groups is 3. The first-order chi connectivity index (χ1) is 18.5. The molecule has 4 aliphatic rings. The van der Waals surface area contributed by atoms with Crippen molar-refractivity contribution in [1.29, 1.82) is 0 Å². The van der Waals surface area contributed by atoms with Gasteiger partial charge in [-0.1, -0.05) is 25.3 Å². The van der Waals surface area contributed by atoms with E-state index in [-0.39, 0.29) is 17.7 Å². The highest BCUT2D eigenvalue weighted by Gasteiger charge is 2.42. The molecule has 2 aromatic rings. The molecule has 1 aromatic carbocycles. The summed E-state index contributed by atoms with van der Waals surface area (Å²) in [5.41, 5.74) is 1.76. The van der Waals surface area contributed by atoms with Gasteiger partial charge in [-0.2, -0.15) is 0 Å². The molecule has 1 unspecified atom stereocenters. The van der Waals surface area contributed by atoms with Gasteiger partial charge in [0.2, 0.25) is 5.91 Å². The fraction of sp³-hybridized carbons (Fsp3) is 0.586. The first-order valence-electron chi connectivity index (χ1n) is 14.2. The quantitative estimate of drug-likeness (QED) is 0.535. The molecule has 0 bridgehead atoms. The molecule has 3 fully saturated rings. The third-order valence-corrected chi connectivity index (χ3v) is 9.97. The number of anilines is 1. The zero-order valence-corrected chi connectivity index (χ0v) is 23.0. The summed E-state index contributed by atoms with van der Waals surface area (Å²) in [7, 11) is 0. The van der Waals surface area contributed by atoms with Crippen LogP contribution in [0.2, 0.25) is 0 Å². The Morgan fingerprint density at radius 3 is 2.37 bits per heavy atom. The van der Waals surface area contributed by atoms with E-state index in [1.54, 1.807) is 12.3 Å². The van der Waals surface area contributed by atoms with E-state index >= 15 is 0 Å². The van der Waals surface area contributed by atoms with E-state index < -0.39 is 6.04 Å². The largest absolute Gasteiger partial charge is 0.371 e. The summed E-state index contributed by atoms with van der Waals surface area (Å²) in [6, 6.07) is 5.86. The number of piperidine rings is 1. The van der Waals surface area contributed by atoms with Crippen LogP contribution in [0.15, 0.2) is 29.8 Å². The molecule has 8 nitrogen and oxygen atoms in total. The van der Waals surface area contributed by atoms with Gasteiger partial charge in [-0.25, -0.2) is 4.98 Å². The maximum Gasteiger partial charge on any atom is 0.264 e. The summed E-state index contributed by atoms with van der Waals surface area (Å²) < 4.78 is 0. The molecule has 9 heteroatoms. The van der Waals surface area contributed by atoms with Gasteiger partial charge in [0.1, 0.15) is 5.01 Å². The molecular weight excluding hydrogens is 498 g/mol. The van der Waals surface area contributed by atoms with Crippen LogP contribution in [0.5, 0.6) is 0 Å². The number of carbonyl (C=O) groups excluding carboxylic acids is 3. The summed E-state index contributed by atoms with van der Waals surface area (Å²) in [6.45, 7) is 6.94. The Morgan fingerprint density at radius 1 is 0.947 bits per heavy atom. The van der Waals surface area contributed by atoms with Crippen LogP contribution < -0.4 is 4.90 Å². The van der Waals surface area contributed by atoms with Crippen molar-refractivity contribution in [3.8, 4) is 0 Å². The normalized spacial score (nSPS) is 22.7. The molecular formula is C29H37N5O3S. The Balaban J connectivity index is 1.08. The second-order valence-electron chi connectivity index (χ2n) is 11.1. The van der Waals surface area contributed by atoms with Crippen molar-refractivity contribution in [3.63, 3.8) is 0 Å². The number of amides is 3. The van der Waals surface area contributed by atoms with Crippen LogP contribution in [0.3, 0.4) is 0 Å². The second-order valence-corrected chi connectivity index (χ2v) is 12.1. The molecule has 0 radical (unpaired) electrons. The van der Waals surface area contributed by atoms with Gasteiger partial charge in [0.25, 0.3) is 11.8 Å². The lowest BCUT2D eigenvalue weighted by Crippen LogP contribution is -2.54. The number of rotatable bonds is 5. The van der Waals surface area contributed by atoms with Gasteiger partial charge < -0.3 is 9.80 Å². The van der Waals surface area contributed by atoms with E-state index in [9.17, 15) is 14.4 Å². The van der Waals surface area contributed by atoms with Crippen molar-refractivity contribution >= 4 is 34.7 Å². The van der Waals surface area contributed by atoms with Crippen LogP contribution in [0, 0.1) is 5.92 Å². The van der Waals surface area contributed by atoms with Crippen molar-refractivity contribution in [2.75, 3.05) is 44.2 Å². The summed E-state index contributed by atoms with van der Waals surface area (Å²) >= 11 is 1.45. The monoisotopic (exact) mass is 535 g/mol. The zero-order chi connectivity index (χ0) is 26.2. The number of hydrogen-bond donors (Lipinski definition) is 0. The van der Waals surface area contributed by atoms with Crippen molar-refractivity contribution in [3.05, 3.63) is 45.9 Å². The van der Waals surface area contributed by atoms with Gasteiger partial charge in [-0.3, -0.25) is 24.2 Å². The highest BCUT2D eigenvalue weighted by Crippen LogP contribution is 2.38. The summed E-state index contributed by atoms with van der Waals surface area (Å²) in [5, 5.41) is 2.61. The topological polar surface area (TPSA) is 77.1 Å². The van der Waals surface area contributed by atoms with Crippen molar-refractivity contribution in [2.24, 2.45) is 5.92 Å². The lowest BCUT2D eigenvalue weighted by molar-refractivity contribution is -0.138. The average Bonchev–Trinajstić information content (AvgIpc) is 3.60. The Morgan fingerprint density at radius 2 is 1.68 bits per heavy atom. The molecule has 0 N–H and O–H groups in total. The van der Waals surface area contributed by atoms with Gasteiger partial charge >= 0.3 is 0 Å². The first kappa shape index (κ1) is 25.5. The van der Waals surface area contributed by atoms with Crippen LogP contribution in [-0.4, -0.2) is 82.7 Å². The van der Waals surface area contributed by atoms with E-state index in [0.29, 0.717) is 36.2 Å². The molecule has 6 rings (SSSR count). The molecule has 202 valence electrons. The molecule has 2 saturated heterocycles. The lowest BCUT2D eigenvalue weighted by atomic mass is 9.92. The minimum atomic E-state index is -0.405. The first-order valence-corrected chi connectivity index (χ1v) is 15.1. The third-order valence-electron chi connectivity index (χ3n) is 9.02. The Kier molecular flexibility index (Phi) is 7.22. The fourth-order valence-corrected chi connectivity index (χ4v) is 7.52. The number of benzene rings is 1. The number of imide groups is 1. The van der Waals surface area contributed by atoms with Crippen molar-refractivity contribution < 1.29 is 14.4 Å². The molecule has 3 amide bonds. The van der Waals surface area contributed by atoms with Crippen LogP contribution in [0.25, 0.3) is 0 Å². The SMILES string of the molecule is CC(c1nccs1)N1C(=O)c2cccc(N3CCC(C(=O)N4CCN(C5CCCCC5)CC4)CC3)c2C1=O.